The van der Waals surface area contributed by atoms with Crippen LogP contribution in [-0.4, -0.2) is 50.9 Å². The van der Waals surface area contributed by atoms with Crippen LogP contribution in [-0.2, 0) is 4.74 Å². The lowest BCUT2D eigenvalue weighted by Gasteiger charge is -2.40. The minimum absolute atomic E-state index is 0.510. The molecule has 0 radical (unpaired) electrons. The number of aliphatic hydroxyl groups excluding tert-OH is 3. The quantitative estimate of drug-likeness (QED) is 0.649. The molecule has 2 aromatic rings. The summed E-state index contributed by atoms with van der Waals surface area (Å²) in [4.78, 5) is 2.06. The van der Waals surface area contributed by atoms with Crippen LogP contribution in [0.5, 0.6) is 0 Å². The summed E-state index contributed by atoms with van der Waals surface area (Å²) in [5.41, 5.74) is -0.617. The second-order valence-electron chi connectivity index (χ2n) is 5.63. The first-order valence-corrected chi connectivity index (χ1v) is 11.1. The summed E-state index contributed by atoms with van der Waals surface area (Å²) in [5, 5.41) is 30.6. The average Bonchev–Trinajstić information content (AvgIpc) is 2.65. The van der Waals surface area contributed by atoms with E-state index in [1.54, 1.807) is 21.6 Å². The molecule has 134 valence electrons. The van der Waals surface area contributed by atoms with E-state index in [1.165, 1.54) is 11.8 Å². The summed E-state index contributed by atoms with van der Waals surface area (Å²) in [6.45, 7) is 0. The average molecular weight is 397 g/mol. The number of hydrogen-bond donors (Lipinski definition) is 3. The predicted octanol–water partition coefficient (Wildman–Crippen LogP) is 3.03. The van der Waals surface area contributed by atoms with Gasteiger partial charge in [-0.25, -0.2) is 0 Å². The summed E-state index contributed by atoms with van der Waals surface area (Å²) in [7, 11) is 3.16. The molecule has 1 heterocycles. The summed E-state index contributed by atoms with van der Waals surface area (Å²) in [6.07, 6.45) is -4.00. The molecule has 0 aliphatic carbocycles. The molecule has 5 atom stereocenters. The van der Waals surface area contributed by atoms with E-state index in [9.17, 15) is 15.3 Å². The molecule has 0 bridgehead atoms. The maximum atomic E-state index is 10.2. The fraction of sp³-hybridized carbons (Fsp3) is 0.333. The van der Waals surface area contributed by atoms with Crippen molar-refractivity contribution in [3.8, 4) is 0 Å². The number of thioether (sulfide) groups is 1. The van der Waals surface area contributed by atoms with Crippen LogP contribution in [0.25, 0.3) is 0 Å². The van der Waals surface area contributed by atoms with Crippen LogP contribution >= 0.6 is 33.3 Å². The fourth-order valence-corrected chi connectivity index (χ4v) is 5.74. The van der Waals surface area contributed by atoms with Gasteiger partial charge >= 0.3 is 0 Å². The third-order valence-corrected chi connectivity index (χ3v) is 7.35. The molecule has 0 spiro atoms. The summed E-state index contributed by atoms with van der Waals surface area (Å²) < 4.78 is 5.89. The highest BCUT2D eigenvalue weighted by Gasteiger charge is 2.43. The Hall–Kier alpha value is -0.670. The van der Waals surface area contributed by atoms with Gasteiger partial charge in [0.1, 0.15) is 23.7 Å². The van der Waals surface area contributed by atoms with Crippen LogP contribution in [0.2, 0.25) is 0 Å². The van der Waals surface area contributed by atoms with Crippen LogP contribution in [0.3, 0.4) is 0 Å². The molecule has 0 amide bonds. The van der Waals surface area contributed by atoms with E-state index in [2.05, 4.69) is 0 Å². The van der Waals surface area contributed by atoms with Gasteiger partial charge in [0.2, 0.25) is 0 Å². The van der Waals surface area contributed by atoms with E-state index < -0.39 is 29.9 Å². The van der Waals surface area contributed by atoms with E-state index in [4.69, 9.17) is 4.74 Å². The van der Waals surface area contributed by atoms with Gasteiger partial charge in [-0.3, -0.25) is 0 Å². The second-order valence-corrected chi connectivity index (χ2v) is 9.21. The minimum atomic E-state index is -1.22. The van der Waals surface area contributed by atoms with E-state index in [0.717, 1.165) is 9.79 Å². The number of hydrogen-bond acceptors (Lipinski definition) is 7. The number of aliphatic hydroxyl groups is 3. The van der Waals surface area contributed by atoms with Crippen LogP contribution in [0.4, 0.5) is 0 Å². The van der Waals surface area contributed by atoms with E-state index in [0.29, 0.717) is 5.75 Å². The van der Waals surface area contributed by atoms with Gasteiger partial charge in [0.05, 0.1) is 6.10 Å². The van der Waals surface area contributed by atoms with Crippen molar-refractivity contribution in [2.24, 2.45) is 0 Å². The number of rotatable bonds is 6. The largest absolute Gasteiger partial charge is 0.388 e. The van der Waals surface area contributed by atoms with E-state index in [1.807, 2.05) is 60.7 Å². The first-order chi connectivity index (χ1) is 12.1. The van der Waals surface area contributed by atoms with E-state index in [-0.39, 0.29) is 0 Å². The lowest BCUT2D eigenvalue weighted by Crippen LogP contribution is -2.57. The van der Waals surface area contributed by atoms with Crippen LogP contribution in [0.1, 0.15) is 0 Å². The Morgan fingerprint density at radius 3 is 2.00 bits per heavy atom. The monoisotopic (exact) mass is 396 g/mol. The summed E-state index contributed by atoms with van der Waals surface area (Å²) >= 11 is 1.35. The molecule has 0 saturated carbocycles. The predicted molar refractivity (Wildman–Crippen MR) is 104 cm³/mol. The molecule has 7 heteroatoms. The molecule has 1 aliphatic heterocycles. The van der Waals surface area contributed by atoms with Crippen molar-refractivity contribution in [1.82, 2.24) is 0 Å². The number of benzene rings is 2. The highest BCUT2D eigenvalue weighted by Crippen LogP contribution is 2.37. The Morgan fingerprint density at radius 1 is 0.760 bits per heavy atom. The highest BCUT2D eigenvalue weighted by molar-refractivity contribution is 8.76. The molecular formula is C18H20O4S3. The van der Waals surface area contributed by atoms with E-state index >= 15 is 0 Å². The first-order valence-electron chi connectivity index (χ1n) is 7.91. The first kappa shape index (κ1) is 19.1. The Morgan fingerprint density at radius 2 is 1.36 bits per heavy atom. The topological polar surface area (TPSA) is 69.9 Å². The lowest BCUT2D eigenvalue weighted by molar-refractivity contribution is -0.190. The Balaban J connectivity index is 1.58. The SMILES string of the molecule is O[C@@H]1[C@H](O)[C@@H](Sc2ccccc2)O[C@H](CSSc2ccccc2)[C@H]1O. The Labute approximate surface area is 159 Å². The summed E-state index contributed by atoms with van der Waals surface area (Å²) in [5.74, 6) is 0.510. The molecule has 0 unspecified atom stereocenters. The standard InChI is InChI=1S/C18H20O4S3/c19-15-14(11-23-25-13-9-5-2-6-10-13)22-18(17(21)16(15)20)24-12-7-3-1-4-8-12/h1-10,14-21H,11H2/t14-,15-,16+,17+,18-/m1/s1. The van der Waals surface area contributed by atoms with Gasteiger partial charge in [-0.2, -0.15) is 0 Å². The molecule has 0 aromatic heterocycles. The van der Waals surface area contributed by atoms with Crippen LogP contribution in [0, 0.1) is 0 Å². The zero-order chi connectivity index (χ0) is 17.6. The normalized spacial score (nSPS) is 29.5. The Bertz CT molecular complexity index is 643. The van der Waals surface area contributed by atoms with Crippen molar-refractivity contribution < 1.29 is 20.1 Å². The van der Waals surface area contributed by atoms with Crippen molar-refractivity contribution in [3.63, 3.8) is 0 Å². The van der Waals surface area contributed by atoms with Crippen molar-refractivity contribution in [1.29, 1.82) is 0 Å². The number of ether oxygens (including phenoxy) is 1. The minimum Gasteiger partial charge on any atom is -0.388 e. The zero-order valence-electron chi connectivity index (χ0n) is 13.3. The van der Waals surface area contributed by atoms with Crippen molar-refractivity contribution >= 4 is 33.3 Å². The zero-order valence-corrected chi connectivity index (χ0v) is 15.8. The molecular weight excluding hydrogens is 376 g/mol. The van der Waals surface area contributed by atoms with Gasteiger partial charge in [0.25, 0.3) is 0 Å². The van der Waals surface area contributed by atoms with Gasteiger partial charge in [-0.05, 0) is 24.3 Å². The highest BCUT2D eigenvalue weighted by atomic mass is 33.1. The Kier molecular flexibility index (Phi) is 7.12. The van der Waals surface area contributed by atoms with Gasteiger partial charge in [-0.1, -0.05) is 69.7 Å². The van der Waals surface area contributed by atoms with Crippen molar-refractivity contribution in [2.45, 2.75) is 39.6 Å². The fourth-order valence-electron chi connectivity index (χ4n) is 2.43. The maximum absolute atomic E-state index is 10.2. The molecule has 3 N–H and O–H groups in total. The maximum Gasteiger partial charge on any atom is 0.136 e. The molecule has 1 fully saturated rings. The van der Waals surface area contributed by atoms with Crippen LogP contribution in [0.15, 0.2) is 70.5 Å². The second kappa shape index (κ2) is 9.32. The molecule has 25 heavy (non-hydrogen) atoms. The molecule has 1 saturated heterocycles. The lowest BCUT2D eigenvalue weighted by atomic mass is 10.0. The summed E-state index contributed by atoms with van der Waals surface area (Å²) in [6, 6.07) is 19.5. The van der Waals surface area contributed by atoms with Gasteiger partial charge in [-0.15, -0.1) is 0 Å². The van der Waals surface area contributed by atoms with Crippen molar-refractivity contribution in [3.05, 3.63) is 60.7 Å². The third kappa shape index (κ3) is 5.17. The van der Waals surface area contributed by atoms with Gasteiger partial charge < -0.3 is 20.1 Å². The third-order valence-electron chi connectivity index (χ3n) is 3.79. The van der Waals surface area contributed by atoms with Gasteiger partial charge in [0, 0.05) is 15.5 Å². The molecule has 1 aliphatic rings. The molecule has 4 nitrogen and oxygen atoms in total. The molecule has 3 rings (SSSR count). The van der Waals surface area contributed by atoms with Crippen LogP contribution < -0.4 is 0 Å². The molecule has 2 aromatic carbocycles. The van der Waals surface area contributed by atoms with Gasteiger partial charge in [0.15, 0.2) is 0 Å². The smallest absolute Gasteiger partial charge is 0.136 e. The van der Waals surface area contributed by atoms with Crippen molar-refractivity contribution in [2.75, 3.05) is 5.75 Å².